The molecular weight excluding hydrogens is 362 g/mol. The fourth-order valence-electron chi connectivity index (χ4n) is 2.29. The number of nitrogens with one attached hydrogen (secondary N) is 1. The average molecular weight is 382 g/mol. The van der Waals surface area contributed by atoms with Crippen molar-refractivity contribution in [1.82, 2.24) is 10.2 Å². The lowest BCUT2D eigenvalue weighted by Gasteiger charge is -2.07. The summed E-state index contributed by atoms with van der Waals surface area (Å²) in [5.41, 5.74) is 2.41. The Labute approximate surface area is 161 Å². The number of hydrogen-bond donors (Lipinski definition) is 1. The number of anilines is 1. The molecule has 0 radical (unpaired) electrons. The van der Waals surface area contributed by atoms with Gasteiger partial charge in [-0.3, -0.25) is 10.1 Å². The summed E-state index contributed by atoms with van der Waals surface area (Å²) in [4.78, 5) is 12.9. The van der Waals surface area contributed by atoms with Gasteiger partial charge in [0.15, 0.2) is 4.34 Å². The Morgan fingerprint density at radius 2 is 1.69 bits per heavy atom. The zero-order valence-corrected chi connectivity index (χ0v) is 16.2. The molecule has 0 unspecified atom stereocenters. The zero-order valence-electron chi connectivity index (χ0n) is 14.5. The molecule has 1 amide bonds. The third-order valence-corrected chi connectivity index (χ3v) is 5.33. The molecule has 0 saturated heterocycles. The van der Waals surface area contributed by atoms with Gasteiger partial charge < -0.3 is 0 Å². The van der Waals surface area contributed by atoms with E-state index in [1.807, 2.05) is 66.7 Å². The van der Waals surface area contributed by atoms with Crippen LogP contribution in [0.1, 0.15) is 25.0 Å². The Hall–Kier alpha value is -2.44. The maximum Gasteiger partial charge on any atom is 0.258 e. The Bertz CT molecular complexity index is 890. The van der Waals surface area contributed by atoms with Crippen LogP contribution in [0, 0.1) is 0 Å². The molecule has 0 spiro atoms. The first kappa shape index (κ1) is 18.4. The van der Waals surface area contributed by atoms with E-state index in [2.05, 4.69) is 29.4 Å². The van der Waals surface area contributed by atoms with Crippen molar-refractivity contribution in [2.45, 2.75) is 23.4 Å². The predicted octanol–water partition coefficient (Wildman–Crippen LogP) is 5.22. The van der Waals surface area contributed by atoms with Gasteiger partial charge in [0, 0.05) is 10.8 Å². The van der Waals surface area contributed by atoms with Gasteiger partial charge in [-0.1, -0.05) is 97.6 Å². The van der Waals surface area contributed by atoms with Gasteiger partial charge in [0.1, 0.15) is 0 Å². The highest BCUT2D eigenvalue weighted by molar-refractivity contribution is 8.01. The Balaban J connectivity index is 1.86. The second kappa shape index (κ2) is 8.78. The molecule has 3 aromatic rings. The van der Waals surface area contributed by atoms with E-state index < -0.39 is 0 Å². The fourth-order valence-corrected chi connectivity index (χ4v) is 4.26. The van der Waals surface area contributed by atoms with Gasteiger partial charge in [-0.25, -0.2) is 0 Å². The van der Waals surface area contributed by atoms with Crippen molar-refractivity contribution in [2.75, 3.05) is 5.32 Å². The predicted molar refractivity (Wildman–Crippen MR) is 110 cm³/mol. The number of carbonyl (C=O) groups is 1. The fraction of sp³-hybridized carbons (Fsp3) is 0.150. The highest BCUT2D eigenvalue weighted by Gasteiger charge is 2.15. The summed E-state index contributed by atoms with van der Waals surface area (Å²) < 4.78 is 0.851. The monoisotopic (exact) mass is 381 g/mol. The second-order valence-corrected chi connectivity index (χ2v) is 8.63. The van der Waals surface area contributed by atoms with Gasteiger partial charge in [-0.2, -0.15) is 0 Å². The molecule has 2 aromatic carbocycles. The number of hydrogen-bond acceptors (Lipinski definition) is 5. The lowest BCUT2D eigenvalue weighted by Crippen LogP contribution is -2.13. The van der Waals surface area contributed by atoms with Crippen LogP contribution in [0.2, 0.25) is 0 Å². The van der Waals surface area contributed by atoms with E-state index in [1.54, 1.807) is 11.8 Å². The molecule has 0 aliphatic carbocycles. The lowest BCUT2D eigenvalue weighted by molar-refractivity contribution is -0.111. The second-order valence-electron chi connectivity index (χ2n) is 5.83. The van der Waals surface area contributed by atoms with Gasteiger partial charge >= 0.3 is 0 Å². The quantitative estimate of drug-likeness (QED) is 0.275. The van der Waals surface area contributed by atoms with Crippen LogP contribution in [0.25, 0.3) is 11.6 Å². The number of aromatic nitrogens is 2. The molecule has 0 bridgehead atoms. The van der Waals surface area contributed by atoms with Crippen LogP contribution in [-0.4, -0.2) is 21.4 Å². The minimum atomic E-state index is -0.197. The summed E-state index contributed by atoms with van der Waals surface area (Å²) in [6, 6.07) is 19.4. The van der Waals surface area contributed by atoms with Crippen LogP contribution >= 0.6 is 23.1 Å². The van der Waals surface area contributed by atoms with Crippen LogP contribution in [0.5, 0.6) is 0 Å². The maximum absolute atomic E-state index is 12.9. The van der Waals surface area contributed by atoms with Gasteiger partial charge in [-0.15, -0.1) is 10.2 Å². The first-order chi connectivity index (χ1) is 12.6. The Morgan fingerprint density at radius 1 is 1.04 bits per heavy atom. The largest absolute Gasteiger partial charge is 0.296 e. The van der Waals surface area contributed by atoms with E-state index in [0.29, 0.717) is 16.0 Å². The van der Waals surface area contributed by atoms with E-state index in [-0.39, 0.29) is 5.91 Å². The van der Waals surface area contributed by atoms with Crippen molar-refractivity contribution in [1.29, 1.82) is 0 Å². The van der Waals surface area contributed by atoms with E-state index in [4.69, 9.17) is 0 Å². The SMILES string of the molecule is CC(C)Sc1nnc(NC(=O)/C(=C/c2ccccc2)c2ccccc2)s1. The number of rotatable bonds is 6. The topological polar surface area (TPSA) is 54.9 Å². The summed E-state index contributed by atoms with van der Waals surface area (Å²) in [6.07, 6.45) is 1.88. The summed E-state index contributed by atoms with van der Waals surface area (Å²) in [6.45, 7) is 4.20. The Morgan fingerprint density at radius 3 is 2.35 bits per heavy atom. The zero-order chi connectivity index (χ0) is 18.4. The number of carbonyl (C=O) groups excluding carboxylic acids is 1. The summed E-state index contributed by atoms with van der Waals surface area (Å²) in [5.74, 6) is -0.197. The first-order valence-electron chi connectivity index (χ1n) is 8.25. The highest BCUT2D eigenvalue weighted by atomic mass is 32.2. The molecule has 132 valence electrons. The summed E-state index contributed by atoms with van der Waals surface area (Å²) in [5, 5.41) is 12.0. The smallest absolute Gasteiger partial charge is 0.258 e. The molecule has 0 aliphatic rings. The van der Waals surface area contributed by atoms with Gasteiger partial charge in [-0.05, 0) is 17.2 Å². The third-order valence-electron chi connectivity index (χ3n) is 3.40. The number of benzene rings is 2. The molecule has 4 nitrogen and oxygen atoms in total. The molecule has 6 heteroatoms. The Kier molecular flexibility index (Phi) is 6.20. The van der Waals surface area contributed by atoms with Crippen LogP contribution < -0.4 is 5.32 Å². The molecule has 1 aromatic heterocycles. The number of amides is 1. The van der Waals surface area contributed by atoms with E-state index in [0.717, 1.165) is 15.5 Å². The molecule has 0 aliphatic heterocycles. The first-order valence-corrected chi connectivity index (χ1v) is 9.95. The normalized spacial score (nSPS) is 11.6. The lowest BCUT2D eigenvalue weighted by atomic mass is 10.0. The molecule has 1 heterocycles. The minimum absolute atomic E-state index is 0.197. The van der Waals surface area contributed by atoms with Crippen LogP contribution in [0.4, 0.5) is 5.13 Å². The number of nitrogens with zero attached hydrogens (tertiary/aromatic N) is 2. The molecule has 26 heavy (non-hydrogen) atoms. The molecule has 0 saturated carbocycles. The molecule has 3 rings (SSSR count). The number of thioether (sulfide) groups is 1. The van der Waals surface area contributed by atoms with Crippen molar-refractivity contribution < 1.29 is 4.79 Å². The van der Waals surface area contributed by atoms with E-state index in [9.17, 15) is 4.79 Å². The standard InChI is InChI=1S/C20H19N3OS2/c1-14(2)25-20-23-22-19(26-20)21-18(24)17(16-11-7-4-8-12-16)13-15-9-5-3-6-10-15/h3-14H,1-2H3,(H,21,22,24)/b17-13+. The van der Waals surface area contributed by atoms with Crippen molar-refractivity contribution in [3.63, 3.8) is 0 Å². The molecular formula is C20H19N3OS2. The minimum Gasteiger partial charge on any atom is -0.296 e. The average Bonchev–Trinajstić information content (AvgIpc) is 3.07. The van der Waals surface area contributed by atoms with E-state index in [1.165, 1.54) is 11.3 Å². The van der Waals surface area contributed by atoms with Gasteiger partial charge in [0.05, 0.1) is 0 Å². The van der Waals surface area contributed by atoms with E-state index >= 15 is 0 Å². The van der Waals surface area contributed by atoms with Crippen molar-refractivity contribution in [3.8, 4) is 0 Å². The molecule has 1 N–H and O–H groups in total. The van der Waals surface area contributed by atoms with Crippen molar-refractivity contribution in [3.05, 3.63) is 71.8 Å². The van der Waals surface area contributed by atoms with Gasteiger partial charge in [0.25, 0.3) is 5.91 Å². The van der Waals surface area contributed by atoms with Crippen LogP contribution in [-0.2, 0) is 4.79 Å². The third kappa shape index (κ3) is 5.03. The molecule has 0 fully saturated rings. The van der Waals surface area contributed by atoms with Crippen molar-refractivity contribution in [2.24, 2.45) is 0 Å². The maximum atomic E-state index is 12.9. The van der Waals surface area contributed by atoms with Crippen LogP contribution in [0.15, 0.2) is 65.0 Å². The van der Waals surface area contributed by atoms with Crippen LogP contribution in [0.3, 0.4) is 0 Å². The summed E-state index contributed by atoms with van der Waals surface area (Å²) in [7, 11) is 0. The van der Waals surface area contributed by atoms with Crippen molar-refractivity contribution >= 4 is 45.8 Å². The highest BCUT2D eigenvalue weighted by Crippen LogP contribution is 2.29. The summed E-state index contributed by atoms with van der Waals surface area (Å²) >= 11 is 3.02. The van der Waals surface area contributed by atoms with Gasteiger partial charge in [0.2, 0.25) is 5.13 Å². The molecule has 0 atom stereocenters.